The molecule has 0 aromatic carbocycles. The minimum absolute atomic E-state index is 0.294. The minimum atomic E-state index is 0.294. The number of nitrogens with zero attached hydrogens (tertiary/aromatic N) is 1. The van der Waals surface area contributed by atoms with Crippen LogP contribution in [0.1, 0.15) is 64.7 Å². The fraction of sp³-hybridized carbons (Fsp3) is 0.941. The van der Waals surface area contributed by atoms with Gasteiger partial charge in [0.2, 0.25) is 5.91 Å². The van der Waals surface area contributed by atoms with Crippen molar-refractivity contribution in [1.29, 1.82) is 0 Å². The molecule has 1 heterocycles. The zero-order valence-corrected chi connectivity index (χ0v) is 13.2. The third-order valence-electron chi connectivity index (χ3n) is 5.33. The predicted molar refractivity (Wildman–Crippen MR) is 83.3 cm³/mol. The van der Waals surface area contributed by atoms with Gasteiger partial charge in [0.15, 0.2) is 0 Å². The lowest BCUT2D eigenvalue weighted by Crippen LogP contribution is -2.43. The third-order valence-corrected chi connectivity index (χ3v) is 5.33. The van der Waals surface area contributed by atoms with Crippen LogP contribution in [0, 0.1) is 17.8 Å². The summed E-state index contributed by atoms with van der Waals surface area (Å²) in [5.74, 6) is 2.30. The number of amides is 1. The molecular weight excluding hydrogens is 248 g/mol. The van der Waals surface area contributed by atoms with Crippen LogP contribution in [0.4, 0.5) is 0 Å². The molecule has 1 amide bonds. The van der Waals surface area contributed by atoms with Crippen molar-refractivity contribution in [3.05, 3.63) is 0 Å². The van der Waals surface area contributed by atoms with Gasteiger partial charge in [0.05, 0.1) is 0 Å². The quantitative estimate of drug-likeness (QED) is 0.840. The Kier molecular flexibility index (Phi) is 6.34. The highest BCUT2D eigenvalue weighted by Gasteiger charge is 2.31. The number of hydrogen-bond acceptors (Lipinski definition) is 2. The lowest BCUT2D eigenvalue weighted by Gasteiger charge is -2.36. The lowest BCUT2D eigenvalue weighted by molar-refractivity contribution is -0.138. The van der Waals surface area contributed by atoms with E-state index in [0.29, 0.717) is 17.7 Å². The molecule has 3 nitrogen and oxygen atoms in total. The van der Waals surface area contributed by atoms with E-state index >= 15 is 0 Å². The molecular formula is C17H32N2O. The average molecular weight is 280 g/mol. The van der Waals surface area contributed by atoms with E-state index in [1.165, 1.54) is 38.5 Å². The molecule has 0 spiro atoms. The highest BCUT2D eigenvalue weighted by molar-refractivity contribution is 5.79. The maximum atomic E-state index is 12.7. The van der Waals surface area contributed by atoms with Gasteiger partial charge >= 0.3 is 0 Å². The Morgan fingerprint density at radius 1 is 1.10 bits per heavy atom. The smallest absolute Gasteiger partial charge is 0.225 e. The van der Waals surface area contributed by atoms with Crippen molar-refractivity contribution in [1.82, 2.24) is 4.90 Å². The SMILES string of the molecule is CCCC1CCN(C(=O)C2CCCC(CCN)C2)CC1. The van der Waals surface area contributed by atoms with Crippen LogP contribution in [0.25, 0.3) is 0 Å². The van der Waals surface area contributed by atoms with Gasteiger partial charge < -0.3 is 10.6 Å². The molecule has 0 aromatic heterocycles. The first-order chi connectivity index (χ1) is 9.74. The van der Waals surface area contributed by atoms with E-state index in [1.54, 1.807) is 0 Å². The number of nitrogens with two attached hydrogens (primary N) is 1. The lowest BCUT2D eigenvalue weighted by atomic mass is 9.79. The van der Waals surface area contributed by atoms with Gasteiger partial charge in [-0.25, -0.2) is 0 Å². The summed E-state index contributed by atoms with van der Waals surface area (Å²) in [6.45, 7) is 5.04. The van der Waals surface area contributed by atoms with Crippen molar-refractivity contribution >= 4 is 5.91 Å². The van der Waals surface area contributed by atoms with Crippen LogP contribution in [0.5, 0.6) is 0 Å². The number of carbonyl (C=O) groups is 1. The van der Waals surface area contributed by atoms with E-state index in [0.717, 1.165) is 44.8 Å². The van der Waals surface area contributed by atoms with Gasteiger partial charge in [-0.05, 0) is 50.5 Å². The van der Waals surface area contributed by atoms with Crippen LogP contribution >= 0.6 is 0 Å². The standard InChI is InChI=1S/C17H32N2O/c1-2-4-14-8-11-19(12-9-14)17(20)16-6-3-5-15(13-16)7-10-18/h14-16H,2-13,18H2,1H3. The van der Waals surface area contributed by atoms with Gasteiger partial charge in [-0.2, -0.15) is 0 Å². The van der Waals surface area contributed by atoms with Gasteiger partial charge in [-0.1, -0.05) is 32.6 Å². The van der Waals surface area contributed by atoms with Crippen LogP contribution in [0.15, 0.2) is 0 Å². The molecule has 2 unspecified atom stereocenters. The van der Waals surface area contributed by atoms with E-state index in [4.69, 9.17) is 5.73 Å². The second-order valence-electron chi connectivity index (χ2n) is 6.86. The fourth-order valence-electron chi connectivity index (χ4n) is 4.12. The molecule has 1 aliphatic carbocycles. The number of carbonyl (C=O) groups excluding carboxylic acids is 1. The third kappa shape index (κ3) is 4.21. The topological polar surface area (TPSA) is 46.3 Å². The van der Waals surface area contributed by atoms with Crippen LogP contribution in [-0.2, 0) is 4.79 Å². The first-order valence-corrected chi connectivity index (χ1v) is 8.73. The summed E-state index contributed by atoms with van der Waals surface area (Å²) in [5.41, 5.74) is 5.67. The average Bonchev–Trinajstić information content (AvgIpc) is 2.48. The number of likely N-dealkylation sites (tertiary alicyclic amines) is 1. The van der Waals surface area contributed by atoms with Crippen molar-refractivity contribution in [2.75, 3.05) is 19.6 Å². The second-order valence-corrected chi connectivity index (χ2v) is 6.86. The Morgan fingerprint density at radius 3 is 2.50 bits per heavy atom. The summed E-state index contributed by atoms with van der Waals surface area (Å²) in [5, 5.41) is 0. The Hall–Kier alpha value is -0.570. The fourth-order valence-corrected chi connectivity index (χ4v) is 4.12. The highest BCUT2D eigenvalue weighted by Crippen LogP contribution is 2.33. The minimum Gasteiger partial charge on any atom is -0.342 e. The van der Waals surface area contributed by atoms with Crippen LogP contribution in [0.2, 0.25) is 0 Å². The van der Waals surface area contributed by atoms with E-state index in [2.05, 4.69) is 11.8 Å². The van der Waals surface area contributed by atoms with Crippen molar-refractivity contribution in [2.24, 2.45) is 23.5 Å². The summed E-state index contributed by atoms with van der Waals surface area (Å²) in [4.78, 5) is 14.8. The van der Waals surface area contributed by atoms with Crippen molar-refractivity contribution in [3.8, 4) is 0 Å². The summed E-state index contributed by atoms with van der Waals surface area (Å²) in [6, 6.07) is 0. The molecule has 1 saturated heterocycles. The van der Waals surface area contributed by atoms with Crippen LogP contribution in [0.3, 0.4) is 0 Å². The number of hydrogen-bond donors (Lipinski definition) is 1. The van der Waals surface area contributed by atoms with Gasteiger partial charge in [0.25, 0.3) is 0 Å². The van der Waals surface area contributed by atoms with E-state index in [1.807, 2.05) is 0 Å². The Bertz CT molecular complexity index is 295. The molecule has 2 aliphatic rings. The number of piperidine rings is 1. The van der Waals surface area contributed by atoms with Gasteiger partial charge in [-0.15, -0.1) is 0 Å². The second kappa shape index (κ2) is 8.02. The van der Waals surface area contributed by atoms with Crippen molar-refractivity contribution in [2.45, 2.75) is 64.7 Å². The Morgan fingerprint density at radius 2 is 1.85 bits per heavy atom. The summed E-state index contributed by atoms with van der Waals surface area (Å²) in [7, 11) is 0. The molecule has 2 rings (SSSR count). The molecule has 2 atom stereocenters. The molecule has 1 saturated carbocycles. The normalized spacial score (nSPS) is 28.6. The first kappa shape index (κ1) is 15.8. The van der Waals surface area contributed by atoms with Crippen LogP contribution in [-0.4, -0.2) is 30.4 Å². The molecule has 116 valence electrons. The predicted octanol–water partition coefficient (Wildman–Crippen LogP) is 3.18. The van der Waals surface area contributed by atoms with Crippen molar-refractivity contribution in [3.63, 3.8) is 0 Å². The van der Waals surface area contributed by atoms with Gasteiger partial charge in [0.1, 0.15) is 0 Å². The maximum absolute atomic E-state index is 12.7. The highest BCUT2D eigenvalue weighted by atomic mass is 16.2. The molecule has 0 aromatic rings. The molecule has 2 N–H and O–H groups in total. The molecule has 1 aliphatic heterocycles. The summed E-state index contributed by atoms with van der Waals surface area (Å²) < 4.78 is 0. The monoisotopic (exact) mass is 280 g/mol. The van der Waals surface area contributed by atoms with Gasteiger partial charge in [-0.3, -0.25) is 4.79 Å². The van der Waals surface area contributed by atoms with Crippen molar-refractivity contribution < 1.29 is 4.79 Å². The zero-order chi connectivity index (χ0) is 14.4. The largest absolute Gasteiger partial charge is 0.342 e. The number of rotatable bonds is 5. The van der Waals surface area contributed by atoms with E-state index < -0.39 is 0 Å². The van der Waals surface area contributed by atoms with Crippen LogP contribution < -0.4 is 5.73 Å². The summed E-state index contributed by atoms with van der Waals surface area (Å²) >= 11 is 0. The molecule has 0 radical (unpaired) electrons. The van der Waals surface area contributed by atoms with E-state index in [9.17, 15) is 4.79 Å². The molecule has 0 bridgehead atoms. The van der Waals surface area contributed by atoms with Gasteiger partial charge in [0, 0.05) is 19.0 Å². The zero-order valence-electron chi connectivity index (χ0n) is 13.2. The molecule has 2 fully saturated rings. The Balaban J connectivity index is 1.79. The first-order valence-electron chi connectivity index (χ1n) is 8.73. The van der Waals surface area contributed by atoms with E-state index in [-0.39, 0.29) is 0 Å². The summed E-state index contributed by atoms with van der Waals surface area (Å²) in [6.07, 6.45) is 10.8. The Labute approximate surface area is 124 Å². The maximum Gasteiger partial charge on any atom is 0.225 e. The molecule has 3 heteroatoms. The molecule has 20 heavy (non-hydrogen) atoms.